The van der Waals surface area contributed by atoms with E-state index in [1.165, 1.54) is 27.5 Å². The molecule has 2 amide bonds. The molecule has 9 heteroatoms. The summed E-state index contributed by atoms with van der Waals surface area (Å²) < 4.78 is 20.5. The van der Waals surface area contributed by atoms with Crippen LogP contribution in [0.2, 0.25) is 0 Å². The summed E-state index contributed by atoms with van der Waals surface area (Å²) in [5.74, 6) is -0.281. The van der Waals surface area contributed by atoms with Gasteiger partial charge < -0.3 is 24.3 Å². The molecule has 138 valence electrons. The number of hydrogen-bond acceptors (Lipinski definition) is 7. The van der Waals surface area contributed by atoms with Crippen molar-refractivity contribution < 1.29 is 28.5 Å². The van der Waals surface area contributed by atoms with Crippen molar-refractivity contribution in [3.63, 3.8) is 0 Å². The lowest BCUT2D eigenvalue weighted by Crippen LogP contribution is -2.38. The van der Waals surface area contributed by atoms with Gasteiger partial charge in [-0.1, -0.05) is 0 Å². The van der Waals surface area contributed by atoms with Gasteiger partial charge in [-0.2, -0.15) is 5.10 Å². The van der Waals surface area contributed by atoms with Gasteiger partial charge in [0.1, 0.15) is 0 Å². The normalized spacial score (nSPS) is 10.4. The first-order valence-electron chi connectivity index (χ1n) is 7.47. The topological polar surface area (TPSA) is 107 Å². The van der Waals surface area contributed by atoms with Crippen molar-refractivity contribution >= 4 is 18.0 Å². The number of hydrogen-bond donors (Lipinski definition) is 2. The number of carbonyl (C=O) groups excluding carboxylic acids is 2. The fourth-order valence-electron chi connectivity index (χ4n) is 1.89. The number of methoxy groups -OCH3 is 4. The third kappa shape index (κ3) is 6.30. The largest absolute Gasteiger partial charge is 0.493 e. The Balaban J connectivity index is 2.66. The van der Waals surface area contributed by atoms with Gasteiger partial charge in [-0.3, -0.25) is 9.59 Å². The van der Waals surface area contributed by atoms with Crippen molar-refractivity contribution in [2.45, 2.75) is 6.42 Å². The summed E-state index contributed by atoms with van der Waals surface area (Å²) in [7, 11) is 6.05. The Morgan fingerprint density at radius 3 is 2.20 bits per heavy atom. The van der Waals surface area contributed by atoms with Gasteiger partial charge in [0.2, 0.25) is 5.75 Å². The van der Waals surface area contributed by atoms with E-state index < -0.39 is 11.8 Å². The summed E-state index contributed by atoms with van der Waals surface area (Å²) >= 11 is 0. The smallest absolute Gasteiger partial charge is 0.329 e. The number of nitrogens with zero attached hydrogens (tertiary/aromatic N) is 1. The molecule has 1 aromatic carbocycles. The minimum absolute atomic E-state index is 0.344. The predicted octanol–water partition coefficient (Wildman–Crippen LogP) is 0.315. The number of benzene rings is 1. The summed E-state index contributed by atoms with van der Waals surface area (Å²) in [4.78, 5) is 23.1. The second-order valence-electron chi connectivity index (χ2n) is 4.76. The van der Waals surface area contributed by atoms with E-state index in [0.717, 1.165) is 0 Å². The molecule has 0 heterocycles. The number of rotatable bonds is 9. The van der Waals surface area contributed by atoms with Gasteiger partial charge in [-0.05, 0) is 18.6 Å². The Morgan fingerprint density at radius 2 is 1.68 bits per heavy atom. The Labute approximate surface area is 146 Å². The molecule has 0 radical (unpaired) electrons. The highest BCUT2D eigenvalue weighted by molar-refractivity contribution is 6.35. The Bertz CT molecular complexity index is 593. The first-order chi connectivity index (χ1) is 12.1. The molecule has 0 aliphatic carbocycles. The lowest BCUT2D eigenvalue weighted by molar-refractivity contribution is -0.139. The molecule has 0 aliphatic rings. The van der Waals surface area contributed by atoms with E-state index in [4.69, 9.17) is 18.9 Å². The van der Waals surface area contributed by atoms with Crippen LogP contribution in [-0.2, 0) is 14.3 Å². The molecule has 0 fully saturated rings. The van der Waals surface area contributed by atoms with Crippen LogP contribution in [0.3, 0.4) is 0 Å². The maximum absolute atomic E-state index is 11.6. The SMILES string of the molecule is COCCCNC(=O)C(=O)N/N=C\c1cc(OC)c(OC)c(OC)c1. The molecule has 1 rings (SSSR count). The molecule has 0 saturated carbocycles. The number of nitrogens with one attached hydrogen (secondary N) is 2. The summed E-state index contributed by atoms with van der Waals surface area (Å²) in [6.45, 7) is 0.845. The van der Waals surface area contributed by atoms with Gasteiger partial charge in [0, 0.05) is 25.8 Å². The fourth-order valence-corrected chi connectivity index (χ4v) is 1.89. The highest BCUT2D eigenvalue weighted by Crippen LogP contribution is 2.37. The van der Waals surface area contributed by atoms with Crippen molar-refractivity contribution in [1.82, 2.24) is 10.7 Å². The van der Waals surface area contributed by atoms with Gasteiger partial charge in [0.05, 0.1) is 27.5 Å². The predicted molar refractivity (Wildman–Crippen MR) is 91.3 cm³/mol. The van der Waals surface area contributed by atoms with Crippen LogP contribution in [0.1, 0.15) is 12.0 Å². The Morgan fingerprint density at radius 1 is 1.04 bits per heavy atom. The molecule has 9 nitrogen and oxygen atoms in total. The second kappa shape index (κ2) is 10.9. The molecule has 0 atom stereocenters. The molecule has 25 heavy (non-hydrogen) atoms. The maximum atomic E-state index is 11.6. The van der Waals surface area contributed by atoms with Crippen molar-refractivity contribution in [2.24, 2.45) is 5.10 Å². The monoisotopic (exact) mass is 353 g/mol. The van der Waals surface area contributed by atoms with Crippen LogP contribution in [0.25, 0.3) is 0 Å². The molecule has 0 spiro atoms. The number of hydrazone groups is 1. The molecule has 0 saturated heterocycles. The minimum atomic E-state index is -0.860. The molecule has 0 aliphatic heterocycles. The summed E-state index contributed by atoms with van der Waals surface area (Å²) in [5.41, 5.74) is 2.74. The van der Waals surface area contributed by atoms with Crippen molar-refractivity contribution in [3.05, 3.63) is 17.7 Å². The van der Waals surface area contributed by atoms with Gasteiger partial charge in [0.25, 0.3) is 0 Å². The third-order valence-corrected chi connectivity index (χ3v) is 3.08. The Hall–Kier alpha value is -2.81. The minimum Gasteiger partial charge on any atom is -0.493 e. The van der Waals surface area contributed by atoms with E-state index in [0.29, 0.717) is 42.4 Å². The second-order valence-corrected chi connectivity index (χ2v) is 4.76. The van der Waals surface area contributed by atoms with Crippen LogP contribution >= 0.6 is 0 Å². The van der Waals surface area contributed by atoms with E-state index in [1.54, 1.807) is 19.2 Å². The third-order valence-electron chi connectivity index (χ3n) is 3.08. The molecular weight excluding hydrogens is 330 g/mol. The van der Waals surface area contributed by atoms with Gasteiger partial charge >= 0.3 is 11.8 Å². The van der Waals surface area contributed by atoms with E-state index in [2.05, 4.69) is 15.8 Å². The average Bonchev–Trinajstić information content (AvgIpc) is 2.63. The van der Waals surface area contributed by atoms with Gasteiger partial charge in [0.15, 0.2) is 11.5 Å². The van der Waals surface area contributed by atoms with Crippen LogP contribution in [-0.4, -0.2) is 59.6 Å². The lowest BCUT2D eigenvalue weighted by Gasteiger charge is -2.12. The zero-order valence-electron chi connectivity index (χ0n) is 14.8. The molecule has 2 N–H and O–H groups in total. The maximum Gasteiger partial charge on any atom is 0.329 e. The zero-order valence-corrected chi connectivity index (χ0v) is 14.8. The van der Waals surface area contributed by atoms with Gasteiger partial charge in [-0.25, -0.2) is 5.43 Å². The quantitative estimate of drug-likeness (QED) is 0.286. The first-order valence-corrected chi connectivity index (χ1v) is 7.47. The summed E-state index contributed by atoms with van der Waals surface area (Å²) in [5, 5.41) is 6.21. The highest BCUT2D eigenvalue weighted by atomic mass is 16.5. The van der Waals surface area contributed by atoms with Crippen LogP contribution in [0.5, 0.6) is 17.2 Å². The van der Waals surface area contributed by atoms with E-state index in [1.807, 2.05) is 0 Å². The molecule has 1 aromatic rings. The summed E-state index contributed by atoms with van der Waals surface area (Å²) in [6, 6.07) is 3.31. The van der Waals surface area contributed by atoms with E-state index in [-0.39, 0.29) is 0 Å². The van der Waals surface area contributed by atoms with E-state index in [9.17, 15) is 9.59 Å². The van der Waals surface area contributed by atoms with Gasteiger partial charge in [-0.15, -0.1) is 0 Å². The highest BCUT2D eigenvalue weighted by Gasteiger charge is 2.13. The zero-order chi connectivity index (χ0) is 18.7. The van der Waals surface area contributed by atoms with Crippen LogP contribution in [0, 0.1) is 0 Å². The Kier molecular flexibility index (Phi) is 8.80. The molecule has 0 aromatic heterocycles. The van der Waals surface area contributed by atoms with Crippen LogP contribution in [0.4, 0.5) is 0 Å². The average molecular weight is 353 g/mol. The fraction of sp³-hybridized carbons (Fsp3) is 0.438. The number of amides is 2. The number of carbonyl (C=O) groups is 2. The first kappa shape index (κ1) is 20.2. The molecule has 0 unspecified atom stereocenters. The van der Waals surface area contributed by atoms with Crippen molar-refractivity contribution in [1.29, 1.82) is 0 Å². The van der Waals surface area contributed by atoms with Crippen molar-refractivity contribution in [2.75, 3.05) is 41.6 Å². The molecule has 0 bridgehead atoms. The molecular formula is C16H23N3O6. The van der Waals surface area contributed by atoms with Crippen LogP contribution < -0.4 is 25.0 Å². The lowest BCUT2D eigenvalue weighted by atomic mass is 10.2. The standard InChI is InChI=1S/C16H23N3O6/c1-22-7-5-6-17-15(20)16(21)19-18-10-11-8-12(23-2)14(25-4)13(9-11)24-3/h8-10H,5-7H2,1-4H3,(H,17,20)(H,19,21)/b18-10-. The number of ether oxygens (including phenoxy) is 4. The summed E-state index contributed by atoms with van der Waals surface area (Å²) in [6.07, 6.45) is 1.98. The van der Waals surface area contributed by atoms with Crippen LogP contribution in [0.15, 0.2) is 17.2 Å². The van der Waals surface area contributed by atoms with E-state index >= 15 is 0 Å². The van der Waals surface area contributed by atoms with Crippen molar-refractivity contribution in [3.8, 4) is 17.2 Å².